The molecule has 0 aromatic carbocycles. The van der Waals surface area contributed by atoms with Crippen molar-refractivity contribution in [3.8, 4) is 18.2 Å². The standard InChI is InChI=1S/C14H19ClN2O/c1-8-14(6,7)18-11-9(2)10(15)16-12(17-11)13(3,4)5/h1H,2-7H3. The Bertz CT molecular complexity index is 496. The fourth-order valence-electron chi connectivity index (χ4n) is 1.18. The lowest BCUT2D eigenvalue weighted by Gasteiger charge is -2.23. The molecule has 0 bridgehead atoms. The summed E-state index contributed by atoms with van der Waals surface area (Å²) in [4.78, 5) is 8.71. The molecule has 4 heteroatoms. The summed E-state index contributed by atoms with van der Waals surface area (Å²) >= 11 is 6.11. The van der Waals surface area contributed by atoms with Gasteiger partial charge in [0, 0.05) is 11.0 Å². The van der Waals surface area contributed by atoms with Gasteiger partial charge < -0.3 is 4.74 Å². The third kappa shape index (κ3) is 3.36. The van der Waals surface area contributed by atoms with Crippen LogP contribution >= 0.6 is 11.6 Å². The molecule has 0 radical (unpaired) electrons. The van der Waals surface area contributed by atoms with Crippen LogP contribution < -0.4 is 4.74 Å². The average Bonchev–Trinajstić information content (AvgIpc) is 2.22. The zero-order valence-corrected chi connectivity index (χ0v) is 12.5. The molecule has 1 aromatic heterocycles. The fourth-order valence-corrected chi connectivity index (χ4v) is 1.34. The van der Waals surface area contributed by atoms with Gasteiger partial charge >= 0.3 is 0 Å². The minimum absolute atomic E-state index is 0.199. The number of aromatic nitrogens is 2. The molecule has 0 saturated carbocycles. The lowest BCUT2D eigenvalue weighted by atomic mass is 9.96. The van der Waals surface area contributed by atoms with Crippen molar-refractivity contribution in [3.63, 3.8) is 0 Å². The number of terminal acetylenes is 1. The van der Waals surface area contributed by atoms with Crippen LogP contribution in [-0.2, 0) is 5.41 Å². The van der Waals surface area contributed by atoms with E-state index in [4.69, 9.17) is 22.8 Å². The Labute approximate surface area is 114 Å². The van der Waals surface area contributed by atoms with Crippen LogP contribution in [0.15, 0.2) is 0 Å². The first kappa shape index (κ1) is 14.8. The molecule has 0 amide bonds. The summed E-state index contributed by atoms with van der Waals surface area (Å²) in [6.07, 6.45) is 5.41. The largest absolute Gasteiger partial charge is 0.458 e. The summed E-state index contributed by atoms with van der Waals surface area (Å²) in [6, 6.07) is 0. The van der Waals surface area contributed by atoms with Crippen molar-refractivity contribution in [2.45, 2.75) is 52.6 Å². The molecule has 0 saturated heterocycles. The van der Waals surface area contributed by atoms with E-state index in [1.54, 1.807) is 13.8 Å². The Balaban J connectivity index is 3.29. The van der Waals surface area contributed by atoms with E-state index in [1.807, 2.05) is 27.7 Å². The molecule has 0 spiro atoms. The number of ether oxygens (including phenoxy) is 1. The van der Waals surface area contributed by atoms with E-state index < -0.39 is 5.60 Å². The lowest BCUT2D eigenvalue weighted by molar-refractivity contribution is 0.162. The Morgan fingerprint density at radius 2 is 1.72 bits per heavy atom. The molecule has 3 nitrogen and oxygen atoms in total. The first-order valence-corrected chi connectivity index (χ1v) is 6.16. The molecule has 1 heterocycles. The molecule has 98 valence electrons. The van der Waals surface area contributed by atoms with Gasteiger partial charge in [-0.15, -0.1) is 6.42 Å². The maximum Gasteiger partial charge on any atom is 0.222 e. The van der Waals surface area contributed by atoms with E-state index in [-0.39, 0.29) is 5.41 Å². The van der Waals surface area contributed by atoms with Crippen LogP contribution in [-0.4, -0.2) is 15.6 Å². The third-order valence-electron chi connectivity index (χ3n) is 2.41. The average molecular weight is 267 g/mol. The number of rotatable bonds is 2. The maximum atomic E-state index is 6.11. The zero-order valence-electron chi connectivity index (χ0n) is 11.8. The second kappa shape index (κ2) is 4.78. The highest BCUT2D eigenvalue weighted by atomic mass is 35.5. The van der Waals surface area contributed by atoms with Crippen LogP contribution in [0, 0.1) is 19.3 Å². The first-order chi connectivity index (χ1) is 8.07. The van der Waals surface area contributed by atoms with Crippen LogP contribution in [0.25, 0.3) is 0 Å². The molecule has 18 heavy (non-hydrogen) atoms. The van der Waals surface area contributed by atoms with E-state index in [1.165, 1.54) is 0 Å². The molecule has 0 unspecified atom stereocenters. The van der Waals surface area contributed by atoms with Crippen LogP contribution in [0.5, 0.6) is 5.88 Å². The van der Waals surface area contributed by atoms with Crippen molar-refractivity contribution in [2.75, 3.05) is 0 Å². The maximum absolute atomic E-state index is 6.11. The van der Waals surface area contributed by atoms with Crippen LogP contribution in [0.2, 0.25) is 5.15 Å². The van der Waals surface area contributed by atoms with E-state index in [2.05, 4.69) is 15.9 Å². The minimum atomic E-state index is -0.725. The Kier molecular flexibility index (Phi) is 3.92. The van der Waals surface area contributed by atoms with Gasteiger partial charge in [-0.2, -0.15) is 4.98 Å². The molecule has 0 aliphatic carbocycles. The smallest absolute Gasteiger partial charge is 0.222 e. The third-order valence-corrected chi connectivity index (χ3v) is 2.78. The van der Waals surface area contributed by atoms with Crippen LogP contribution in [0.4, 0.5) is 0 Å². The van der Waals surface area contributed by atoms with Crippen molar-refractivity contribution >= 4 is 11.6 Å². The van der Waals surface area contributed by atoms with Crippen molar-refractivity contribution in [1.82, 2.24) is 9.97 Å². The lowest BCUT2D eigenvalue weighted by Crippen LogP contribution is -2.27. The van der Waals surface area contributed by atoms with Crippen LogP contribution in [0.1, 0.15) is 46.0 Å². The van der Waals surface area contributed by atoms with Gasteiger partial charge in [0.25, 0.3) is 0 Å². The first-order valence-electron chi connectivity index (χ1n) is 5.78. The van der Waals surface area contributed by atoms with Crippen LogP contribution in [0.3, 0.4) is 0 Å². The summed E-state index contributed by atoms with van der Waals surface area (Å²) in [7, 11) is 0. The second-order valence-corrected chi connectivity index (χ2v) is 6.13. The van der Waals surface area contributed by atoms with Crippen molar-refractivity contribution in [1.29, 1.82) is 0 Å². The Hall–Kier alpha value is -1.27. The summed E-state index contributed by atoms with van der Waals surface area (Å²) in [5, 5.41) is 0.401. The highest BCUT2D eigenvalue weighted by Crippen LogP contribution is 2.29. The Morgan fingerprint density at radius 1 is 1.17 bits per heavy atom. The SMILES string of the molecule is C#CC(C)(C)Oc1nc(C(C)(C)C)nc(Cl)c1C. The van der Waals surface area contributed by atoms with Gasteiger partial charge in [-0.05, 0) is 20.8 Å². The van der Waals surface area contributed by atoms with Gasteiger partial charge in [0.05, 0.1) is 0 Å². The quantitative estimate of drug-likeness (QED) is 0.607. The summed E-state index contributed by atoms with van der Waals surface area (Å²) < 4.78 is 5.73. The molecular weight excluding hydrogens is 248 g/mol. The summed E-state index contributed by atoms with van der Waals surface area (Å²) in [5.41, 5.74) is -0.221. The molecule has 0 aliphatic rings. The number of nitrogens with zero attached hydrogens (tertiary/aromatic N) is 2. The predicted octanol–water partition coefficient (Wildman–Crippen LogP) is 3.53. The van der Waals surface area contributed by atoms with Gasteiger partial charge in [-0.1, -0.05) is 38.3 Å². The number of hydrogen-bond donors (Lipinski definition) is 0. The molecule has 1 rings (SSSR count). The van der Waals surface area contributed by atoms with Crippen molar-refractivity contribution in [2.24, 2.45) is 0 Å². The van der Waals surface area contributed by atoms with Gasteiger partial charge in [0.2, 0.25) is 5.88 Å². The van der Waals surface area contributed by atoms with Gasteiger partial charge in [-0.3, -0.25) is 0 Å². The van der Waals surface area contributed by atoms with Gasteiger partial charge in [-0.25, -0.2) is 4.98 Å². The van der Waals surface area contributed by atoms with Gasteiger partial charge in [0.1, 0.15) is 11.0 Å². The molecule has 0 atom stereocenters. The topological polar surface area (TPSA) is 35.0 Å². The summed E-state index contributed by atoms with van der Waals surface area (Å²) in [5.74, 6) is 3.66. The highest BCUT2D eigenvalue weighted by Gasteiger charge is 2.24. The highest BCUT2D eigenvalue weighted by molar-refractivity contribution is 6.30. The number of halogens is 1. The van der Waals surface area contributed by atoms with E-state index in [9.17, 15) is 0 Å². The normalized spacial score (nSPS) is 12.1. The van der Waals surface area contributed by atoms with Crippen molar-refractivity contribution < 1.29 is 4.74 Å². The van der Waals surface area contributed by atoms with E-state index in [0.717, 1.165) is 0 Å². The summed E-state index contributed by atoms with van der Waals surface area (Å²) in [6.45, 7) is 11.5. The minimum Gasteiger partial charge on any atom is -0.458 e. The predicted molar refractivity (Wildman–Crippen MR) is 74.0 cm³/mol. The van der Waals surface area contributed by atoms with E-state index >= 15 is 0 Å². The second-order valence-electron chi connectivity index (χ2n) is 5.77. The monoisotopic (exact) mass is 266 g/mol. The van der Waals surface area contributed by atoms with E-state index in [0.29, 0.717) is 22.4 Å². The number of hydrogen-bond acceptors (Lipinski definition) is 3. The molecular formula is C14H19ClN2O. The molecule has 0 fully saturated rings. The molecule has 0 aliphatic heterocycles. The molecule has 1 aromatic rings. The fraction of sp³-hybridized carbons (Fsp3) is 0.571. The van der Waals surface area contributed by atoms with Crippen molar-refractivity contribution in [3.05, 3.63) is 16.5 Å². The van der Waals surface area contributed by atoms with Gasteiger partial charge in [0.15, 0.2) is 5.60 Å². The molecule has 0 N–H and O–H groups in total. The zero-order chi connectivity index (χ0) is 14.1. The Morgan fingerprint density at radius 3 is 2.17 bits per heavy atom.